The maximum absolute atomic E-state index is 12.9. The Morgan fingerprint density at radius 3 is 2.56 bits per heavy atom. The normalized spacial score (nSPS) is 16.1. The molecule has 0 unspecified atom stereocenters. The number of piperidine rings is 1. The molecule has 2 amide bonds. The van der Waals surface area contributed by atoms with Gasteiger partial charge in [-0.25, -0.2) is 0 Å². The number of amides is 2. The van der Waals surface area contributed by atoms with Crippen LogP contribution < -0.4 is 5.32 Å². The molecule has 1 aromatic heterocycles. The molecule has 0 aromatic carbocycles. The van der Waals surface area contributed by atoms with Crippen molar-refractivity contribution < 1.29 is 14.0 Å². The molecule has 1 fully saturated rings. The Labute approximate surface area is 163 Å². The third-order valence-electron chi connectivity index (χ3n) is 5.43. The molecule has 1 aromatic rings. The molecule has 1 N–H and O–H groups in total. The third kappa shape index (κ3) is 6.38. The Morgan fingerprint density at radius 2 is 1.96 bits per heavy atom. The fourth-order valence-corrected chi connectivity index (χ4v) is 3.59. The molecule has 6 heteroatoms. The van der Waals surface area contributed by atoms with E-state index in [9.17, 15) is 9.59 Å². The van der Waals surface area contributed by atoms with Gasteiger partial charge >= 0.3 is 0 Å². The predicted octanol–water partition coefficient (Wildman–Crippen LogP) is 3.13. The summed E-state index contributed by atoms with van der Waals surface area (Å²) in [6.07, 6.45) is 5.00. The first kappa shape index (κ1) is 21.5. The van der Waals surface area contributed by atoms with Crippen molar-refractivity contribution in [2.75, 3.05) is 32.7 Å². The second kappa shape index (κ2) is 10.5. The van der Waals surface area contributed by atoms with E-state index in [1.165, 1.54) is 19.3 Å². The Balaban J connectivity index is 1.83. The van der Waals surface area contributed by atoms with Gasteiger partial charge in [-0.05, 0) is 59.2 Å². The minimum atomic E-state index is -0.0557. The lowest BCUT2D eigenvalue weighted by molar-refractivity contribution is -0.121. The SMILES string of the molecule is CC[C@@H](C)N(CCC(=O)NCCN1CCCCC1)C(=O)c1cc(C)oc1C. The van der Waals surface area contributed by atoms with E-state index in [1.807, 2.05) is 20.8 Å². The summed E-state index contributed by atoms with van der Waals surface area (Å²) in [4.78, 5) is 29.4. The van der Waals surface area contributed by atoms with Gasteiger partial charge in [-0.2, -0.15) is 0 Å². The molecule has 6 nitrogen and oxygen atoms in total. The Bertz CT molecular complexity index is 620. The summed E-state index contributed by atoms with van der Waals surface area (Å²) in [7, 11) is 0. The molecule has 2 rings (SSSR count). The average Bonchev–Trinajstić information content (AvgIpc) is 3.00. The Morgan fingerprint density at radius 1 is 1.26 bits per heavy atom. The number of hydrogen-bond donors (Lipinski definition) is 1. The zero-order valence-electron chi connectivity index (χ0n) is 17.3. The van der Waals surface area contributed by atoms with E-state index in [2.05, 4.69) is 17.1 Å². The van der Waals surface area contributed by atoms with Gasteiger partial charge < -0.3 is 19.5 Å². The van der Waals surface area contributed by atoms with Crippen LogP contribution in [-0.4, -0.2) is 60.4 Å². The highest BCUT2D eigenvalue weighted by Crippen LogP contribution is 2.18. The van der Waals surface area contributed by atoms with Gasteiger partial charge in [0.05, 0.1) is 5.56 Å². The molecular formula is C21H35N3O3. The zero-order chi connectivity index (χ0) is 19.8. The van der Waals surface area contributed by atoms with E-state index in [0.29, 0.717) is 30.8 Å². The highest BCUT2D eigenvalue weighted by Gasteiger charge is 2.24. The molecule has 27 heavy (non-hydrogen) atoms. The molecule has 2 heterocycles. The van der Waals surface area contributed by atoms with Crippen LogP contribution in [0.15, 0.2) is 10.5 Å². The monoisotopic (exact) mass is 377 g/mol. The number of likely N-dealkylation sites (tertiary alicyclic amines) is 1. The van der Waals surface area contributed by atoms with Crippen LogP contribution in [0.25, 0.3) is 0 Å². The van der Waals surface area contributed by atoms with E-state index in [1.54, 1.807) is 11.0 Å². The number of furan rings is 1. The van der Waals surface area contributed by atoms with Crippen LogP contribution in [0.5, 0.6) is 0 Å². The van der Waals surface area contributed by atoms with Gasteiger partial charge in [-0.15, -0.1) is 0 Å². The molecule has 152 valence electrons. The van der Waals surface area contributed by atoms with E-state index in [-0.39, 0.29) is 17.9 Å². The fraction of sp³-hybridized carbons (Fsp3) is 0.714. The molecule has 1 aliphatic rings. The lowest BCUT2D eigenvalue weighted by atomic mass is 10.1. The van der Waals surface area contributed by atoms with Crippen LogP contribution in [0.1, 0.15) is 67.8 Å². The smallest absolute Gasteiger partial charge is 0.257 e. The van der Waals surface area contributed by atoms with E-state index < -0.39 is 0 Å². The molecule has 0 aliphatic carbocycles. The maximum atomic E-state index is 12.9. The summed E-state index contributed by atoms with van der Waals surface area (Å²) in [6, 6.07) is 1.86. The summed E-state index contributed by atoms with van der Waals surface area (Å²) in [6.45, 7) is 12.0. The van der Waals surface area contributed by atoms with Crippen molar-refractivity contribution in [3.8, 4) is 0 Å². The van der Waals surface area contributed by atoms with E-state index in [0.717, 1.165) is 31.8 Å². The van der Waals surface area contributed by atoms with Crippen molar-refractivity contribution in [3.63, 3.8) is 0 Å². The van der Waals surface area contributed by atoms with Gasteiger partial charge in [-0.1, -0.05) is 13.3 Å². The zero-order valence-corrected chi connectivity index (χ0v) is 17.3. The second-order valence-electron chi connectivity index (χ2n) is 7.58. The van der Waals surface area contributed by atoms with Crippen LogP contribution in [0, 0.1) is 13.8 Å². The fourth-order valence-electron chi connectivity index (χ4n) is 3.59. The molecule has 0 saturated carbocycles. The van der Waals surface area contributed by atoms with Gasteiger partial charge in [0.2, 0.25) is 5.91 Å². The average molecular weight is 378 g/mol. The number of aryl methyl sites for hydroxylation is 2. The van der Waals surface area contributed by atoms with Crippen LogP contribution in [0.3, 0.4) is 0 Å². The van der Waals surface area contributed by atoms with Crippen molar-refractivity contribution in [1.82, 2.24) is 15.1 Å². The van der Waals surface area contributed by atoms with Crippen LogP contribution in [-0.2, 0) is 4.79 Å². The van der Waals surface area contributed by atoms with Gasteiger partial charge in [0.15, 0.2) is 0 Å². The van der Waals surface area contributed by atoms with Gasteiger partial charge in [0.1, 0.15) is 11.5 Å². The maximum Gasteiger partial charge on any atom is 0.257 e. The van der Waals surface area contributed by atoms with Crippen molar-refractivity contribution in [2.45, 2.75) is 65.8 Å². The summed E-state index contributed by atoms with van der Waals surface area (Å²) in [5, 5.41) is 3.00. The topological polar surface area (TPSA) is 65.8 Å². The number of nitrogens with zero attached hydrogens (tertiary/aromatic N) is 2. The summed E-state index contributed by atoms with van der Waals surface area (Å²) in [5.74, 6) is 1.32. The van der Waals surface area contributed by atoms with Crippen molar-refractivity contribution in [2.24, 2.45) is 0 Å². The van der Waals surface area contributed by atoms with Crippen molar-refractivity contribution in [1.29, 1.82) is 0 Å². The Hall–Kier alpha value is -1.82. The largest absolute Gasteiger partial charge is 0.466 e. The summed E-state index contributed by atoms with van der Waals surface area (Å²) in [5.41, 5.74) is 0.596. The van der Waals surface area contributed by atoms with E-state index in [4.69, 9.17) is 4.42 Å². The molecule has 0 bridgehead atoms. The van der Waals surface area contributed by atoms with Gasteiger partial charge in [0.25, 0.3) is 5.91 Å². The first-order valence-electron chi connectivity index (χ1n) is 10.3. The standard InChI is InChI=1S/C21H35N3O3/c1-5-16(2)24(21(26)19-15-17(3)27-18(19)4)13-9-20(25)22-10-14-23-11-7-6-8-12-23/h15-16H,5-14H2,1-4H3,(H,22,25)/t16-/m1/s1. The minimum absolute atomic E-state index is 0.00760. The minimum Gasteiger partial charge on any atom is -0.466 e. The first-order chi connectivity index (χ1) is 12.9. The number of rotatable bonds is 9. The lowest BCUT2D eigenvalue weighted by Crippen LogP contribution is -2.42. The number of carbonyl (C=O) groups excluding carboxylic acids is 2. The number of nitrogens with one attached hydrogen (secondary N) is 1. The molecule has 1 atom stereocenters. The van der Waals surface area contributed by atoms with Crippen molar-refractivity contribution >= 4 is 11.8 Å². The summed E-state index contributed by atoms with van der Waals surface area (Å²) < 4.78 is 5.50. The van der Waals surface area contributed by atoms with Crippen molar-refractivity contribution in [3.05, 3.63) is 23.2 Å². The lowest BCUT2D eigenvalue weighted by Gasteiger charge is -2.28. The Kier molecular flexibility index (Phi) is 8.35. The number of hydrogen-bond acceptors (Lipinski definition) is 4. The highest BCUT2D eigenvalue weighted by molar-refractivity contribution is 5.95. The molecule has 0 spiro atoms. The predicted molar refractivity (Wildman–Crippen MR) is 107 cm³/mol. The molecular weight excluding hydrogens is 342 g/mol. The van der Waals surface area contributed by atoms with Gasteiger partial charge in [0, 0.05) is 32.1 Å². The highest BCUT2D eigenvalue weighted by atomic mass is 16.3. The van der Waals surface area contributed by atoms with Crippen LogP contribution in [0.4, 0.5) is 0 Å². The van der Waals surface area contributed by atoms with E-state index >= 15 is 0 Å². The quantitative estimate of drug-likeness (QED) is 0.718. The molecule has 1 saturated heterocycles. The van der Waals surface area contributed by atoms with Gasteiger partial charge in [-0.3, -0.25) is 9.59 Å². The van der Waals surface area contributed by atoms with Crippen LogP contribution in [0.2, 0.25) is 0 Å². The first-order valence-corrected chi connectivity index (χ1v) is 10.3. The summed E-state index contributed by atoms with van der Waals surface area (Å²) >= 11 is 0. The number of carbonyl (C=O) groups is 2. The molecule has 0 radical (unpaired) electrons. The third-order valence-corrected chi connectivity index (χ3v) is 5.43. The molecule has 1 aliphatic heterocycles. The van der Waals surface area contributed by atoms with Crippen LogP contribution >= 0.6 is 0 Å². The second-order valence-corrected chi connectivity index (χ2v) is 7.58.